The number of rotatable bonds is 4. The summed E-state index contributed by atoms with van der Waals surface area (Å²) in [6.07, 6.45) is -0.152. The first-order chi connectivity index (χ1) is 8.00. The topological polar surface area (TPSA) is 69.6 Å². The molecule has 0 aliphatic rings. The van der Waals surface area contributed by atoms with E-state index >= 15 is 0 Å². The van der Waals surface area contributed by atoms with Crippen LogP contribution in [0.15, 0.2) is 24.3 Å². The quantitative estimate of drug-likeness (QED) is 0.842. The Kier molecular flexibility index (Phi) is 4.45. The number of hydrogen-bond acceptors (Lipinski definition) is 2. The molecule has 0 unspecified atom stereocenters. The number of carbonyl (C=O) groups is 2. The van der Waals surface area contributed by atoms with Gasteiger partial charge in [0, 0.05) is 13.6 Å². The maximum absolute atomic E-state index is 13.2. The summed E-state index contributed by atoms with van der Waals surface area (Å²) in [5.74, 6) is -1.52. The Labute approximate surface area is 97.8 Å². The fourth-order valence-corrected chi connectivity index (χ4v) is 1.14. The molecule has 0 spiro atoms. The van der Waals surface area contributed by atoms with Gasteiger partial charge < -0.3 is 15.3 Å². The first-order valence-corrected chi connectivity index (χ1v) is 4.99. The molecule has 2 amide bonds. The zero-order valence-corrected chi connectivity index (χ0v) is 9.31. The van der Waals surface area contributed by atoms with Gasteiger partial charge in [0.25, 0.3) is 0 Å². The molecule has 17 heavy (non-hydrogen) atoms. The molecule has 0 radical (unpaired) electrons. The second kappa shape index (κ2) is 5.83. The SMILES string of the molecule is CN(CCC(=O)O)C(=O)Nc1ccccc1F. The van der Waals surface area contributed by atoms with Crippen LogP contribution in [0.1, 0.15) is 6.42 Å². The van der Waals surface area contributed by atoms with E-state index in [4.69, 9.17) is 5.11 Å². The van der Waals surface area contributed by atoms with Crippen LogP contribution in [-0.2, 0) is 4.79 Å². The molecule has 0 aliphatic heterocycles. The molecule has 0 saturated heterocycles. The van der Waals surface area contributed by atoms with E-state index in [1.54, 1.807) is 6.07 Å². The van der Waals surface area contributed by atoms with Crippen molar-refractivity contribution in [3.8, 4) is 0 Å². The molecule has 0 aliphatic carbocycles. The zero-order valence-electron chi connectivity index (χ0n) is 9.31. The monoisotopic (exact) mass is 240 g/mol. The summed E-state index contributed by atoms with van der Waals surface area (Å²) in [5, 5.41) is 10.8. The van der Waals surface area contributed by atoms with Crippen LogP contribution in [-0.4, -0.2) is 35.6 Å². The Balaban J connectivity index is 2.54. The van der Waals surface area contributed by atoms with Crippen LogP contribution < -0.4 is 5.32 Å². The summed E-state index contributed by atoms with van der Waals surface area (Å²) >= 11 is 0. The van der Waals surface area contributed by atoms with Crippen molar-refractivity contribution in [3.05, 3.63) is 30.1 Å². The molecule has 0 heterocycles. The molecule has 0 fully saturated rings. The predicted octanol–water partition coefficient (Wildman–Crippen LogP) is 1.76. The van der Waals surface area contributed by atoms with Gasteiger partial charge in [0.05, 0.1) is 12.1 Å². The van der Waals surface area contributed by atoms with Crippen molar-refractivity contribution >= 4 is 17.7 Å². The highest BCUT2D eigenvalue weighted by Crippen LogP contribution is 2.12. The number of benzene rings is 1. The van der Waals surface area contributed by atoms with E-state index in [-0.39, 0.29) is 18.7 Å². The number of nitrogens with one attached hydrogen (secondary N) is 1. The number of para-hydroxylation sites is 1. The Bertz CT molecular complexity index is 423. The number of aliphatic carboxylic acids is 1. The van der Waals surface area contributed by atoms with Gasteiger partial charge in [-0.2, -0.15) is 0 Å². The second-order valence-electron chi connectivity index (χ2n) is 3.48. The fourth-order valence-electron chi connectivity index (χ4n) is 1.14. The predicted molar refractivity (Wildman–Crippen MR) is 60.3 cm³/mol. The molecule has 0 aromatic heterocycles. The lowest BCUT2D eigenvalue weighted by atomic mass is 10.3. The molecule has 0 bridgehead atoms. The minimum Gasteiger partial charge on any atom is -0.481 e. The smallest absolute Gasteiger partial charge is 0.321 e. The van der Waals surface area contributed by atoms with Crippen molar-refractivity contribution in [2.45, 2.75) is 6.42 Å². The van der Waals surface area contributed by atoms with Crippen LogP contribution in [0.4, 0.5) is 14.9 Å². The van der Waals surface area contributed by atoms with Crippen LogP contribution in [0.2, 0.25) is 0 Å². The Hall–Kier alpha value is -2.11. The van der Waals surface area contributed by atoms with Gasteiger partial charge >= 0.3 is 12.0 Å². The minimum atomic E-state index is -0.990. The number of anilines is 1. The number of carbonyl (C=O) groups excluding carboxylic acids is 1. The number of hydrogen-bond donors (Lipinski definition) is 2. The maximum atomic E-state index is 13.2. The van der Waals surface area contributed by atoms with E-state index in [2.05, 4.69) is 5.32 Å². The number of urea groups is 1. The highest BCUT2D eigenvalue weighted by Gasteiger charge is 2.11. The normalized spacial score (nSPS) is 9.76. The minimum absolute atomic E-state index is 0.0651. The first-order valence-electron chi connectivity index (χ1n) is 4.99. The maximum Gasteiger partial charge on any atom is 0.321 e. The second-order valence-corrected chi connectivity index (χ2v) is 3.48. The van der Waals surface area contributed by atoms with Crippen molar-refractivity contribution in [2.24, 2.45) is 0 Å². The van der Waals surface area contributed by atoms with Crippen molar-refractivity contribution in [2.75, 3.05) is 18.9 Å². The molecule has 1 aromatic rings. The van der Waals surface area contributed by atoms with E-state index in [0.717, 1.165) is 0 Å². The highest BCUT2D eigenvalue weighted by atomic mass is 19.1. The molecular formula is C11H13FN2O3. The van der Waals surface area contributed by atoms with E-state index in [1.807, 2.05) is 0 Å². The van der Waals surface area contributed by atoms with E-state index in [0.29, 0.717) is 0 Å². The summed E-state index contributed by atoms with van der Waals surface area (Å²) < 4.78 is 13.2. The summed E-state index contributed by atoms with van der Waals surface area (Å²) in [5.41, 5.74) is 0.0691. The van der Waals surface area contributed by atoms with Gasteiger partial charge in [-0.05, 0) is 12.1 Å². The number of nitrogens with zero attached hydrogens (tertiary/aromatic N) is 1. The third kappa shape index (κ3) is 4.10. The average molecular weight is 240 g/mol. The Morgan fingerprint density at radius 2 is 2.06 bits per heavy atom. The molecule has 2 N–H and O–H groups in total. The van der Waals surface area contributed by atoms with Gasteiger partial charge in [0.1, 0.15) is 5.82 Å². The number of halogens is 1. The van der Waals surface area contributed by atoms with E-state index in [9.17, 15) is 14.0 Å². The fraction of sp³-hybridized carbons (Fsp3) is 0.273. The number of amides is 2. The van der Waals surface area contributed by atoms with Gasteiger partial charge in [-0.1, -0.05) is 12.1 Å². The molecule has 92 valence electrons. The van der Waals surface area contributed by atoms with E-state index in [1.165, 1.54) is 30.1 Å². The molecular weight excluding hydrogens is 227 g/mol. The number of carboxylic acids is 1. The average Bonchev–Trinajstić information content (AvgIpc) is 2.28. The summed E-state index contributed by atoms with van der Waals surface area (Å²) in [7, 11) is 1.44. The lowest BCUT2D eigenvalue weighted by Gasteiger charge is -2.17. The summed E-state index contributed by atoms with van der Waals surface area (Å²) in [6.45, 7) is 0.0651. The molecule has 1 rings (SSSR count). The standard InChI is InChI=1S/C11H13FN2O3/c1-14(7-6-10(15)16)11(17)13-9-5-3-2-4-8(9)12/h2-5H,6-7H2,1H3,(H,13,17)(H,15,16). The summed E-state index contributed by atoms with van der Waals surface area (Å²) in [4.78, 5) is 23.0. The van der Waals surface area contributed by atoms with Gasteiger partial charge in [-0.3, -0.25) is 4.79 Å². The molecule has 6 heteroatoms. The third-order valence-electron chi connectivity index (χ3n) is 2.12. The molecule has 1 aromatic carbocycles. The van der Waals surface area contributed by atoms with Crippen LogP contribution in [0.5, 0.6) is 0 Å². The van der Waals surface area contributed by atoms with E-state index < -0.39 is 17.8 Å². The van der Waals surface area contributed by atoms with Crippen LogP contribution in [0.3, 0.4) is 0 Å². The van der Waals surface area contributed by atoms with Gasteiger partial charge in [-0.15, -0.1) is 0 Å². The highest BCUT2D eigenvalue weighted by molar-refractivity contribution is 5.89. The van der Waals surface area contributed by atoms with Crippen molar-refractivity contribution < 1.29 is 19.1 Å². The first kappa shape index (κ1) is 13.0. The van der Waals surface area contributed by atoms with Gasteiger partial charge in [-0.25, -0.2) is 9.18 Å². The van der Waals surface area contributed by atoms with Crippen molar-refractivity contribution in [3.63, 3.8) is 0 Å². The van der Waals surface area contributed by atoms with Crippen LogP contribution in [0.25, 0.3) is 0 Å². The lowest BCUT2D eigenvalue weighted by Crippen LogP contribution is -2.33. The van der Waals surface area contributed by atoms with Crippen molar-refractivity contribution in [1.82, 2.24) is 4.90 Å². The van der Waals surface area contributed by atoms with Crippen LogP contribution >= 0.6 is 0 Å². The Morgan fingerprint density at radius 1 is 1.41 bits per heavy atom. The molecule has 5 nitrogen and oxygen atoms in total. The van der Waals surface area contributed by atoms with Gasteiger partial charge in [0.15, 0.2) is 0 Å². The molecule has 0 atom stereocenters. The van der Waals surface area contributed by atoms with Crippen molar-refractivity contribution in [1.29, 1.82) is 0 Å². The lowest BCUT2D eigenvalue weighted by molar-refractivity contribution is -0.137. The zero-order chi connectivity index (χ0) is 12.8. The van der Waals surface area contributed by atoms with Crippen LogP contribution in [0, 0.1) is 5.82 Å². The largest absolute Gasteiger partial charge is 0.481 e. The third-order valence-corrected chi connectivity index (χ3v) is 2.12. The van der Waals surface area contributed by atoms with Gasteiger partial charge in [0.2, 0.25) is 0 Å². The number of carboxylic acid groups (broad SMARTS) is 1. The Morgan fingerprint density at radius 3 is 2.65 bits per heavy atom. The summed E-state index contributed by atoms with van der Waals surface area (Å²) in [6, 6.07) is 5.22. The molecule has 0 saturated carbocycles.